The third-order valence-electron chi connectivity index (χ3n) is 2.77. The summed E-state index contributed by atoms with van der Waals surface area (Å²) < 4.78 is 0. The van der Waals surface area contributed by atoms with Crippen molar-refractivity contribution in [3.63, 3.8) is 0 Å². The fourth-order valence-electron chi connectivity index (χ4n) is 2.38. The van der Waals surface area contributed by atoms with E-state index in [4.69, 9.17) is 0 Å². The van der Waals surface area contributed by atoms with Crippen LogP contribution in [0.5, 0.6) is 0 Å². The molecule has 1 N–H and O–H groups in total. The maximum absolute atomic E-state index is 3.42. The van der Waals surface area contributed by atoms with Gasteiger partial charge in [-0.15, -0.1) is 0 Å². The normalized spacial score (nSPS) is 20.4. The molecule has 84 valence electrons. The SMILES string of the molecule is CN(CC1CCNCC1)CC(C)(C)C. The number of nitrogens with one attached hydrogen (secondary N) is 1. The second kappa shape index (κ2) is 5.13. The number of rotatable bonds is 3. The summed E-state index contributed by atoms with van der Waals surface area (Å²) >= 11 is 0. The van der Waals surface area contributed by atoms with Gasteiger partial charge in [-0.25, -0.2) is 0 Å². The molecule has 1 aliphatic rings. The van der Waals surface area contributed by atoms with Gasteiger partial charge in [-0.05, 0) is 44.3 Å². The van der Waals surface area contributed by atoms with Crippen molar-refractivity contribution in [2.24, 2.45) is 11.3 Å². The Morgan fingerprint density at radius 3 is 2.29 bits per heavy atom. The van der Waals surface area contributed by atoms with Crippen LogP contribution in [0.1, 0.15) is 33.6 Å². The molecule has 0 radical (unpaired) electrons. The molecule has 0 saturated carbocycles. The zero-order valence-corrected chi connectivity index (χ0v) is 10.3. The van der Waals surface area contributed by atoms with E-state index >= 15 is 0 Å². The first-order chi connectivity index (χ1) is 6.47. The van der Waals surface area contributed by atoms with Gasteiger partial charge in [0.2, 0.25) is 0 Å². The average Bonchev–Trinajstić information content (AvgIpc) is 2.02. The molecule has 2 nitrogen and oxygen atoms in total. The topological polar surface area (TPSA) is 15.3 Å². The summed E-state index contributed by atoms with van der Waals surface area (Å²) in [5.74, 6) is 0.920. The lowest BCUT2D eigenvalue weighted by atomic mass is 9.94. The van der Waals surface area contributed by atoms with Gasteiger partial charge >= 0.3 is 0 Å². The molecule has 0 aromatic rings. The molecule has 0 aliphatic carbocycles. The predicted octanol–water partition coefficient (Wildman–Crippen LogP) is 1.96. The first-order valence-electron chi connectivity index (χ1n) is 5.87. The van der Waals surface area contributed by atoms with E-state index in [1.165, 1.54) is 39.0 Å². The number of hydrogen-bond acceptors (Lipinski definition) is 2. The molecule has 1 rings (SSSR count). The standard InChI is InChI=1S/C12H26N2/c1-12(2,3)10-14(4)9-11-5-7-13-8-6-11/h11,13H,5-10H2,1-4H3. The van der Waals surface area contributed by atoms with Crippen LogP contribution in [0.3, 0.4) is 0 Å². The zero-order chi connectivity index (χ0) is 10.6. The first kappa shape index (κ1) is 12.0. The maximum atomic E-state index is 3.42. The lowest BCUT2D eigenvalue weighted by Crippen LogP contribution is -2.37. The Labute approximate surface area is 89.1 Å². The van der Waals surface area contributed by atoms with E-state index in [-0.39, 0.29) is 0 Å². The molecule has 1 heterocycles. The molecule has 0 amide bonds. The third-order valence-corrected chi connectivity index (χ3v) is 2.77. The summed E-state index contributed by atoms with van der Waals surface area (Å²) in [6.45, 7) is 11.8. The molecule has 1 aliphatic heterocycles. The maximum Gasteiger partial charge on any atom is 0.00271 e. The van der Waals surface area contributed by atoms with Crippen molar-refractivity contribution in [1.29, 1.82) is 0 Å². The molecule has 0 atom stereocenters. The number of piperidine rings is 1. The largest absolute Gasteiger partial charge is 0.317 e. The van der Waals surface area contributed by atoms with E-state index in [0.717, 1.165) is 5.92 Å². The highest BCUT2D eigenvalue weighted by Crippen LogP contribution is 2.17. The summed E-state index contributed by atoms with van der Waals surface area (Å²) in [7, 11) is 2.26. The Kier molecular flexibility index (Phi) is 4.39. The lowest BCUT2D eigenvalue weighted by Gasteiger charge is -2.31. The van der Waals surface area contributed by atoms with Crippen LogP contribution in [0.25, 0.3) is 0 Å². The lowest BCUT2D eigenvalue weighted by molar-refractivity contribution is 0.183. The van der Waals surface area contributed by atoms with E-state index in [9.17, 15) is 0 Å². The minimum absolute atomic E-state index is 0.432. The van der Waals surface area contributed by atoms with Crippen LogP contribution in [0.4, 0.5) is 0 Å². The summed E-state index contributed by atoms with van der Waals surface area (Å²) in [5.41, 5.74) is 0.432. The van der Waals surface area contributed by atoms with E-state index in [0.29, 0.717) is 5.41 Å². The average molecular weight is 198 g/mol. The second-order valence-corrected chi connectivity index (χ2v) is 5.95. The van der Waals surface area contributed by atoms with E-state index in [1.54, 1.807) is 0 Å². The summed E-state index contributed by atoms with van der Waals surface area (Å²) in [6.07, 6.45) is 2.71. The van der Waals surface area contributed by atoms with Crippen LogP contribution in [0, 0.1) is 11.3 Å². The molecule has 0 spiro atoms. The highest BCUT2D eigenvalue weighted by molar-refractivity contribution is 4.73. The smallest absolute Gasteiger partial charge is 0.00271 e. The van der Waals surface area contributed by atoms with Crippen LogP contribution in [0.15, 0.2) is 0 Å². The van der Waals surface area contributed by atoms with Crippen LogP contribution in [-0.2, 0) is 0 Å². The van der Waals surface area contributed by atoms with Crippen molar-refractivity contribution in [3.8, 4) is 0 Å². The fourth-order valence-corrected chi connectivity index (χ4v) is 2.38. The Hall–Kier alpha value is -0.0800. The molecule has 1 fully saturated rings. The van der Waals surface area contributed by atoms with Gasteiger partial charge in [-0.2, -0.15) is 0 Å². The predicted molar refractivity (Wildman–Crippen MR) is 62.5 cm³/mol. The van der Waals surface area contributed by atoms with Crippen molar-refractivity contribution in [3.05, 3.63) is 0 Å². The van der Waals surface area contributed by atoms with Crippen LogP contribution in [0.2, 0.25) is 0 Å². The van der Waals surface area contributed by atoms with Crippen molar-refractivity contribution >= 4 is 0 Å². The minimum atomic E-state index is 0.432. The summed E-state index contributed by atoms with van der Waals surface area (Å²) in [6, 6.07) is 0. The van der Waals surface area contributed by atoms with Gasteiger partial charge in [0.1, 0.15) is 0 Å². The molecular weight excluding hydrogens is 172 g/mol. The second-order valence-electron chi connectivity index (χ2n) is 5.95. The van der Waals surface area contributed by atoms with Crippen molar-refractivity contribution in [2.75, 3.05) is 33.2 Å². The van der Waals surface area contributed by atoms with E-state index in [1.807, 2.05) is 0 Å². The summed E-state index contributed by atoms with van der Waals surface area (Å²) in [4.78, 5) is 2.50. The quantitative estimate of drug-likeness (QED) is 0.746. The first-order valence-corrected chi connectivity index (χ1v) is 5.87. The van der Waals surface area contributed by atoms with Crippen LogP contribution < -0.4 is 5.32 Å². The molecule has 2 heteroatoms. The van der Waals surface area contributed by atoms with Gasteiger partial charge in [-0.1, -0.05) is 20.8 Å². The number of nitrogens with zero attached hydrogens (tertiary/aromatic N) is 1. The van der Waals surface area contributed by atoms with Gasteiger partial charge in [0, 0.05) is 13.1 Å². The zero-order valence-electron chi connectivity index (χ0n) is 10.3. The van der Waals surface area contributed by atoms with E-state index in [2.05, 4.69) is 38.0 Å². The van der Waals surface area contributed by atoms with Gasteiger partial charge < -0.3 is 10.2 Å². The molecule has 0 aromatic carbocycles. The van der Waals surface area contributed by atoms with Crippen LogP contribution >= 0.6 is 0 Å². The minimum Gasteiger partial charge on any atom is -0.317 e. The monoisotopic (exact) mass is 198 g/mol. The van der Waals surface area contributed by atoms with Gasteiger partial charge in [0.25, 0.3) is 0 Å². The van der Waals surface area contributed by atoms with Gasteiger partial charge in [0.15, 0.2) is 0 Å². The molecule has 0 unspecified atom stereocenters. The Morgan fingerprint density at radius 1 is 1.21 bits per heavy atom. The third kappa shape index (κ3) is 4.97. The molecule has 1 saturated heterocycles. The van der Waals surface area contributed by atoms with Crippen molar-refractivity contribution < 1.29 is 0 Å². The highest BCUT2D eigenvalue weighted by atomic mass is 15.1. The molecule has 0 bridgehead atoms. The van der Waals surface area contributed by atoms with Crippen LogP contribution in [-0.4, -0.2) is 38.1 Å². The fraction of sp³-hybridized carbons (Fsp3) is 1.00. The van der Waals surface area contributed by atoms with E-state index < -0.39 is 0 Å². The van der Waals surface area contributed by atoms with Crippen molar-refractivity contribution in [1.82, 2.24) is 10.2 Å². The van der Waals surface area contributed by atoms with Gasteiger partial charge in [0.05, 0.1) is 0 Å². The Balaban J connectivity index is 2.21. The van der Waals surface area contributed by atoms with Crippen molar-refractivity contribution in [2.45, 2.75) is 33.6 Å². The molecular formula is C12H26N2. The highest BCUT2D eigenvalue weighted by Gasteiger charge is 2.18. The molecule has 14 heavy (non-hydrogen) atoms. The van der Waals surface area contributed by atoms with Gasteiger partial charge in [-0.3, -0.25) is 0 Å². The number of hydrogen-bond donors (Lipinski definition) is 1. The Morgan fingerprint density at radius 2 is 1.79 bits per heavy atom. The Bertz CT molecular complexity index is 154. The molecule has 0 aromatic heterocycles. The summed E-state index contributed by atoms with van der Waals surface area (Å²) in [5, 5.41) is 3.42.